The Kier molecular flexibility index (Phi) is 6.10. The zero-order chi connectivity index (χ0) is 16.8. The Balaban J connectivity index is 2.10. The van der Waals surface area contributed by atoms with Gasteiger partial charge >= 0.3 is 0 Å². The van der Waals surface area contributed by atoms with Crippen molar-refractivity contribution in [1.82, 2.24) is 0 Å². The highest BCUT2D eigenvalue weighted by Crippen LogP contribution is 2.28. The van der Waals surface area contributed by atoms with Gasteiger partial charge in [0.05, 0.1) is 16.3 Å². The number of anilines is 2. The normalized spacial score (nSPS) is 10.4. The second kappa shape index (κ2) is 8.06. The van der Waals surface area contributed by atoms with Gasteiger partial charge in [-0.3, -0.25) is 4.79 Å². The van der Waals surface area contributed by atoms with Crippen molar-refractivity contribution < 1.29 is 15.0 Å². The standard InChI is InChI=1S/C16H16Cl2N2O3/c17-10-2-5-15(22)12(8-10)16(23)20-14-4-3-11(9-13(14)18)19-6-1-7-21/h2-5,8-9,19,21-22H,1,6-7H2,(H,20,23). The third-order valence-corrected chi connectivity index (χ3v) is 3.63. The van der Waals surface area contributed by atoms with E-state index in [0.717, 1.165) is 5.69 Å². The second-order valence-corrected chi connectivity index (χ2v) is 5.66. The molecule has 2 aromatic rings. The molecule has 0 unspecified atom stereocenters. The molecule has 0 saturated carbocycles. The summed E-state index contributed by atoms with van der Waals surface area (Å²) in [5, 5.41) is 24.9. The molecule has 0 fully saturated rings. The molecule has 7 heteroatoms. The average Bonchev–Trinajstić information content (AvgIpc) is 2.52. The molecular weight excluding hydrogens is 339 g/mol. The van der Waals surface area contributed by atoms with Crippen LogP contribution in [0.25, 0.3) is 0 Å². The molecule has 5 nitrogen and oxygen atoms in total. The molecule has 0 atom stereocenters. The summed E-state index contributed by atoms with van der Waals surface area (Å²) in [6.07, 6.45) is 0.629. The Bertz CT molecular complexity index is 708. The van der Waals surface area contributed by atoms with Crippen LogP contribution in [0.1, 0.15) is 16.8 Å². The van der Waals surface area contributed by atoms with Crippen LogP contribution in [0.4, 0.5) is 11.4 Å². The monoisotopic (exact) mass is 354 g/mol. The molecule has 0 aliphatic carbocycles. The Morgan fingerprint density at radius 2 is 1.91 bits per heavy atom. The number of aliphatic hydroxyl groups is 1. The second-order valence-electron chi connectivity index (χ2n) is 4.81. The first kappa shape index (κ1) is 17.4. The third-order valence-electron chi connectivity index (χ3n) is 3.08. The SMILES string of the molecule is O=C(Nc1ccc(NCCCO)cc1Cl)c1cc(Cl)ccc1O. The van der Waals surface area contributed by atoms with Gasteiger partial charge in [-0.05, 0) is 42.8 Å². The number of carbonyl (C=O) groups is 1. The molecule has 23 heavy (non-hydrogen) atoms. The number of rotatable bonds is 6. The Morgan fingerprint density at radius 1 is 1.13 bits per heavy atom. The number of aliphatic hydroxyl groups excluding tert-OH is 1. The van der Waals surface area contributed by atoms with E-state index >= 15 is 0 Å². The molecule has 122 valence electrons. The van der Waals surface area contributed by atoms with Gasteiger partial charge in [-0.2, -0.15) is 0 Å². The van der Waals surface area contributed by atoms with E-state index in [0.29, 0.717) is 28.7 Å². The largest absolute Gasteiger partial charge is 0.507 e. The molecule has 0 bridgehead atoms. The average molecular weight is 355 g/mol. The summed E-state index contributed by atoms with van der Waals surface area (Å²) in [5.74, 6) is -0.668. The van der Waals surface area contributed by atoms with Gasteiger partial charge in [-0.25, -0.2) is 0 Å². The summed E-state index contributed by atoms with van der Waals surface area (Å²) in [5.41, 5.74) is 1.27. The number of aromatic hydroxyl groups is 1. The highest BCUT2D eigenvalue weighted by atomic mass is 35.5. The van der Waals surface area contributed by atoms with E-state index in [1.165, 1.54) is 18.2 Å². The van der Waals surface area contributed by atoms with Crippen LogP contribution in [0.15, 0.2) is 36.4 Å². The molecule has 1 amide bonds. The maximum absolute atomic E-state index is 12.2. The maximum atomic E-state index is 12.2. The van der Waals surface area contributed by atoms with E-state index in [1.54, 1.807) is 18.2 Å². The number of hydrogen-bond acceptors (Lipinski definition) is 4. The van der Waals surface area contributed by atoms with Crippen molar-refractivity contribution in [3.8, 4) is 5.75 Å². The maximum Gasteiger partial charge on any atom is 0.259 e. The van der Waals surface area contributed by atoms with Gasteiger partial charge < -0.3 is 20.8 Å². The van der Waals surface area contributed by atoms with Crippen molar-refractivity contribution in [3.05, 3.63) is 52.0 Å². The number of hydrogen-bond donors (Lipinski definition) is 4. The Hall–Kier alpha value is -1.95. The first-order chi connectivity index (χ1) is 11.0. The molecule has 4 N–H and O–H groups in total. The lowest BCUT2D eigenvalue weighted by molar-refractivity contribution is 0.102. The van der Waals surface area contributed by atoms with Crippen molar-refractivity contribution in [2.45, 2.75) is 6.42 Å². The van der Waals surface area contributed by atoms with Crippen LogP contribution in [-0.4, -0.2) is 29.3 Å². The summed E-state index contributed by atoms with van der Waals surface area (Å²) in [6, 6.07) is 9.32. The van der Waals surface area contributed by atoms with Crippen molar-refractivity contribution in [1.29, 1.82) is 0 Å². The molecule has 0 spiro atoms. The molecule has 0 aliphatic heterocycles. The third kappa shape index (κ3) is 4.76. The van der Waals surface area contributed by atoms with E-state index in [1.807, 2.05) is 0 Å². The zero-order valence-electron chi connectivity index (χ0n) is 12.1. The summed E-state index contributed by atoms with van der Waals surface area (Å²) in [7, 11) is 0. The zero-order valence-corrected chi connectivity index (χ0v) is 13.7. The summed E-state index contributed by atoms with van der Waals surface area (Å²) in [4.78, 5) is 12.2. The van der Waals surface area contributed by atoms with Crippen LogP contribution in [0.3, 0.4) is 0 Å². The summed E-state index contributed by atoms with van der Waals surface area (Å²) >= 11 is 12.0. The number of benzene rings is 2. The van der Waals surface area contributed by atoms with Gasteiger partial charge in [-0.1, -0.05) is 23.2 Å². The predicted molar refractivity (Wildman–Crippen MR) is 92.7 cm³/mol. The predicted octanol–water partition coefficient (Wildman–Crippen LogP) is 3.75. The molecular formula is C16H16Cl2N2O3. The van der Waals surface area contributed by atoms with Gasteiger partial charge in [0.2, 0.25) is 0 Å². The van der Waals surface area contributed by atoms with Crippen LogP contribution in [0, 0.1) is 0 Å². The van der Waals surface area contributed by atoms with Crippen molar-refractivity contribution >= 4 is 40.5 Å². The first-order valence-electron chi connectivity index (χ1n) is 6.95. The van der Waals surface area contributed by atoms with Gasteiger partial charge in [0.1, 0.15) is 5.75 Å². The van der Waals surface area contributed by atoms with E-state index in [4.69, 9.17) is 28.3 Å². The van der Waals surface area contributed by atoms with Gasteiger partial charge in [0, 0.05) is 23.9 Å². The fraction of sp³-hybridized carbons (Fsp3) is 0.188. The van der Waals surface area contributed by atoms with Gasteiger partial charge in [0.15, 0.2) is 0 Å². The quantitative estimate of drug-likeness (QED) is 0.595. The van der Waals surface area contributed by atoms with E-state index in [9.17, 15) is 9.90 Å². The van der Waals surface area contributed by atoms with E-state index in [-0.39, 0.29) is 17.9 Å². The Labute approximate surface area is 143 Å². The smallest absolute Gasteiger partial charge is 0.259 e. The van der Waals surface area contributed by atoms with Crippen LogP contribution >= 0.6 is 23.2 Å². The highest BCUT2D eigenvalue weighted by Gasteiger charge is 2.13. The lowest BCUT2D eigenvalue weighted by atomic mass is 10.2. The molecule has 2 rings (SSSR count). The summed E-state index contributed by atoms with van der Waals surface area (Å²) in [6.45, 7) is 0.729. The Morgan fingerprint density at radius 3 is 2.61 bits per heavy atom. The minimum atomic E-state index is -0.507. The number of halogens is 2. The van der Waals surface area contributed by atoms with Crippen molar-refractivity contribution in [2.75, 3.05) is 23.8 Å². The van der Waals surface area contributed by atoms with E-state index < -0.39 is 5.91 Å². The topological polar surface area (TPSA) is 81.6 Å². The first-order valence-corrected chi connectivity index (χ1v) is 7.71. The van der Waals surface area contributed by atoms with Crippen LogP contribution < -0.4 is 10.6 Å². The number of phenolic OH excluding ortho intramolecular Hbond substituents is 1. The van der Waals surface area contributed by atoms with Gasteiger partial charge in [-0.15, -0.1) is 0 Å². The number of amides is 1. The molecule has 2 aromatic carbocycles. The van der Waals surface area contributed by atoms with E-state index in [2.05, 4.69) is 10.6 Å². The minimum absolute atomic E-state index is 0.0683. The molecule has 0 aromatic heterocycles. The van der Waals surface area contributed by atoms with Crippen molar-refractivity contribution in [2.24, 2.45) is 0 Å². The number of nitrogens with one attached hydrogen (secondary N) is 2. The van der Waals surface area contributed by atoms with Crippen molar-refractivity contribution in [3.63, 3.8) is 0 Å². The summed E-state index contributed by atoms with van der Waals surface area (Å²) < 4.78 is 0. The molecule has 0 heterocycles. The molecule has 0 saturated heterocycles. The fourth-order valence-corrected chi connectivity index (χ4v) is 2.32. The molecule has 0 aliphatic rings. The van der Waals surface area contributed by atoms with Crippen LogP contribution in [0.2, 0.25) is 10.0 Å². The molecule has 0 radical (unpaired) electrons. The van der Waals surface area contributed by atoms with Gasteiger partial charge in [0.25, 0.3) is 5.91 Å². The highest BCUT2D eigenvalue weighted by molar-refractivity contribution is 6.34. The van der Waals surface area contributed by atoms with Crippen LogP contribution in [0.5, 0.6) is 5.75 Å². The van der Waals surface area contributed by atoms with Crippen LogP contribution in [-0.2, 0) is 0 Å². The lowest BCUT2D eigenvalue weighted by Crippen LogP contribution is -2.12. The minimum Gasteiger partial charge on any atom is -0.507 e. The lowest BCUT2D eigenvalue weighted by Gasteiger charge is -2.11. The fourth-order valence-electron chi connectivity index (χ4n) is 1.92. The number of phenols is 1. The number of carbonyl (C=O) groups excluding carboxylic acids is 1.